The Morgan fingerprint density at radius 1 is 0.787 bits per heavy atom. The molecule has 3 N–H and O–H groups in total. The summed E-state index contributed by atoms with van der Waals surface area (Å²) < 4.78 is 32.1. The van der Waals surface area contributed by atoms with Crippen molar-refractivity contribution in [3.8, 4) is 17.4 Å². The number of anilines is 3. The van der Waals surface area contributed by atoms with E-state index in [0.717, 1.165) is 16.7 Å². The standard InChI is InChI=1S/C46H43N7O8/c1-47-44(55)51-43-49-41-40(42(50-43)61-45(56)53(33-15-9-5-10-16-33)34-17-11-6-12-18-34)48-29-52(41)39-27-37(54)38(60-39)28-59-46(30-13-7-4-8-14-30,31-19-23-35(57-2)24-20-31)32-21-25-36(58-3)26-22-32/h4-26,29,37-39,54H,27-28H2,1-3H3,(H2,47,49,50,51,55)/t37-,38+,39+/m0/s1. The van der Waals surface area contributed by atoms with Crippen LogP contribution in [0.3, 0.4) is 0 Å². The van der Waals surface area contributed by atoms with Crippen molar-refractivity contribution in [2.24, 2.45) is 0 Å². The Hall–Kier alpha value is -7.33. The van der Waals surface area contributed by atoms with E-state index < -0.39 is 36.2 Å². The van der Waals surface area contributed by atoms with E-state index in [4.69, 9.17) is 23.7 Å². The summed E-state index contributed by atoms with van der Waals surface area (Å²) in [5.41, 5.74) is 2.75. The normalized spacial score (nSPS) is 16.2. The predicted octanol–water partition coefficient (Wildman–Crippen LogP) is 7.59. The lowest BCUT2D eigenvalue weighted by Gasteiger charge is -2.37. The highest BCUT2D eigenvalue weighted by Gasteiger charge is 2.42. The van der Waals surface area contributed by atoms with Crippen LogP contribution in [-0.4, -0.2) is 76.8 Å². The van der Waals surface area contributed by atoms with Gasteiger partial charge in [0.05, 0.1) is 44.6 Å². The van der Waals surface area contributed by atoms with Gasteiger partial charge in [0.1, 0.15) is 29.4 Å². The van der Waals surface area contributed by atoms with Crippen LogP contribution < -0.4 is 29.7 Å². The molecule has 2 aromatic heterocycles. The third-order valence-corrected chi connectivity index (χ3v) is 10.4. The Bertz CT molecular complexity index is 2490. The van der Waals surface area contributed by atoms with Crippen LogP contribution in [0.15, 0.2) is 146 Å². The van der Waals surface area contributed by atoms with Gasteiger partial charge < -0.3 is 34.1 Å². The van der Waals surface area contributed by atoms with Gasteiger partial charge in [-0.05, 0) is 65.2 Å². The molecule has 1 aliphatic heterocycles. The summed E-state index contributed by atoms with van der Waals surface area (Å²) >= 11 is 0. The summed E-state index contributed by atoms with van der Waals surface area (Å²) in [7, 11) is 4.67. The molecular weight excluding hydrogens is 779 g/mol. The first kappa shape index (κ1) is 40.4. The van der Waals surface area contributed by atoms with E-state index in [-0.39, 0.29) is 36.0 Å². The second kappa shape index (κ2) is 17.9. The number of hydrogen-bond acceptors (Lipinski definition) is 11. The van der Waals surface area contributed by atoms with Crippen LogP contribution in [0.2, 0.25) is 0 Å². The van der Waals surface area contributed by atoms with Crippen molar-refractivity contribution >= 4 is 40.6 Å². The first-order valence-electron chi connectivity index (χ1n) is 19.5. The van der Waals surface area contributed by atoms with Gasteiger partial charge in [-0.15, -0.1) is 0 Å². The van der Waals surface area contributed by atoms with Crippen molar-refractivity contribution in [2.75, 3.05) is 38.1 Å². The number of imidazole rings is 1. The number of benzene rings is 5. The third-order valence-electron chi connectivity index (χ3n) is 10.4. The van der Waals surface area contributed by atoms with Gasteiger partial charge in [-0.25, -0.2) is 19.5 Å². The van der Waals surface area contributed by atoms with E-state index in [1.807, 2.05) is 115 Å². The van der Waals surface area contributed by atoms with Crippen molar-refractivity contribution < 1.29 is 38.4 Å². The molecule has 61 heavy (non-hydrogen) atoms. The Labute approximate surface area is 351 Å². The summed E-state index contributed by atoms with van der Waals surface area (Å²) in [5.74, 6) is 1.01. The zero-order valence-electron chi connectivity index (χ0n) is 33.5. The van der Waals surface area contributed by atoms with E-state index in [1.54, 1.807) is 43.1 Å². The fourth-order valence-electron chi connectivity index (χ4n) is 7.35. The number of carbonyl (C=O) groups is 2. The van der Waals surface area contributed by atoms with Crippen molar-refractivity contribution in [3.63, 3.8) is 0 Å². The van der Waals surface area contributed by atoms with Crippen LogP contribution in [0.4, 0.5) is 26.9 Å². The number of rotatable bonds is 13. The number of para-hydroxylation sites is 2. The molecule has 15 heteroatoms. The molecule has 1 saturated heterocycles. The highest BCUT2D eigenvalue weighted by molar-refractivity contribution is 5.98. The number of nitrogens with zero attached hydrogens (tertiary/aromatic N) is 5. The molecule has 1 aliphatic rings. The van der Waals surface area contributed by atoms with Gasteiger partial charge in [-0.1, -0.05) is 91.0 Å². The number of aliphatic hydroxyl groups is 1. The average Bonchev–Trinajstić information content (AvgIpc) is 3.91. The topological polar surface area (TPSA) is 171 Å². The number of nitrogens with one attached hydrogen (secondary N) is 2. The van der Waals surface area contributed by atoms with Crippen LogP contribution in [0.1, 0.15) is 29.3 Å². The molecule has 0 bridgehead atoms. The fraction of sp³-hybridized carbons (Fsp3) is 0.196. The summed E-state index contributed by atoms with van der Waals surface area (Å²) in [6.07, 6.45) is -1.76. The number of aliphatic hydroxyl groups excluding tert-OH is 1. The maximum absolute atomic E-state index is 14.0. The van der Waals surface area contributed by atoms with E-state index >= 15 is 0 Å². The van der Waals surface area contributed by atoms with Crippen LogP contribution in [0.25, 0.3) is 11.2 Å². The van der Waals surface area contributed by atoms with E-state index in [1.165, 1.54) is 18.3 Å². The molecule has 7 aromatic rings. The van der Waals surface area contributed by atoms with E-state index in [0.29, 0.717) is 22.9 Å². The molecule has 0 unspecified atom stereocenters. The zero-order chi connectivity index (χ0) is 42.3. The second-order valence-electron chi connectivity index (χ2n) is 14.0. The minimum Gasteiger partial charge on any atom is -0.497 e. The molecule has 1 fully saturated rings. The minimum absolute atomic E-state index is 0.0343. The highest BCUT2D eigenvalue weighted by atomic mass is 16.6. The predicted molar refractivity (Wildman–Crippen MR) is 227 cm³/mol. The quantitative estimate of drug-likeness (QED) is 0.0980. The number of urea groups is 1. The fourth-order valence-corrected chi connectivity index (χ4v) is 7.35. The molecule has 3 heterocycles. The second-order valence-corrected chi connectivity index (χ2v) is 14.0. The highest BCUT2D eigenvalue weighted by Crippen LogP contribution is 2.43. The number of carbonyl (C=O) groups excluding carboxylic acids is 2. The molecule has 0 aliphatic carbocycles. The van der Waals surface area contributed by atoms with E-state index in [9.17, 15) is 14.7 Å². The third kappa shape index (κ3) is 8.30. The smallest absolute Gasteiger partial charge is 0.425 e. The summed E-state index contributed by atoms with van der Waals surface area (Å²) in [6.45, 7) is -0.0343. The van der Waals surface area contributed by atoms with Crippen LogP contribution >= 0.6 is 0 Å². The lowest BCUT2D eigenvalue weighted by atomic mass is 9.80. The van der Waals surface area contributed by atoms with Crippen molar-refractivity contribution in [1.29, 1.82) is 0 Å². The van der Waals surface area contributed by atoms with Crippen molar-refractivity contribution in [2.45, 2.75) is 30.5 Å². The first-order valence-corrected chi connectivity index (χ1v) is 19.5. The maximum Gasteiger partial charge on any atom is 0.425 e. The van der Waals surface area contributed by atoms with Gasteiger partial charge in [-0.2, -0.15) is 9.97 Å². The summed E-state index contributed by atoms with van der Waals surface area (Å²) in [4.78, 5) is 41.4. The Morgan fingerprint density at radius 2 is 1.33 bits per heavy atom. The molecule has 0 spiro atoms. The molecule has 0 radical (unpaired) electrons. The number of amides is 3. The van der Waals surface area contributed by atoms with Gasteiger partial charge in [0.15, 0.2) is 11.2 Å². The number of fused-ring (bicyclic) bond motifs is 1. The largest absolute Gasteiger partial charge is 0.497 e. The molecule has 15 nitrogen and oxygen atoms in total. The summed E-state index contributed by atoms with van der Waals surface area (Å²) in [6, 6.07) is 42.6. The van der Waals surface area contributed by atoms with E-state index in [2.05, 4.69) is 25.6 Å². The lowest BCUT2D eigenvalue weighted by molar-refractivity contribution is -0.0931. The number of ether oxygens (including phenoxy) is 5. The summed E-state index contributed by atoms with van der Waals surface area (Å²) in [5, 5.41) is 16.6. The number of methoxy groups -OCH3 is 2. The number of hydrogen-bond donors (Lipinski definition) is 3. The van der Waals surface area contributed by atoms with Crippen LogP contribution in [-0.2, 0) is 15.1 Å². The van der Waals surface area contributed by atoms with Crippen LogP contribution in [0.5, 0.6) is 17.4 Å². The average molecular weight is 822 g/mol. The molecule has 310 valence electrons. The van der Waals surface area contributed by atoms with Crippen molar-refractivity contribution in [1.82, 2.24) is 24.8 Å². The Morgan fingerprint density at radius 3 is 1.87 bits per heavy atom. The van der Waals surface area contributed by atoms with Crippen LogP contribution in [0, 0.1) is 0 Å². The van der Waals surface area contributed by atoms with Gasteiger partial charge in [0.2, 0.25) is 5.95 Å². The van der Waals surface area contributed by atoms with Gasteiger partial charge in [0, 0.05) is 13.5 Å². The lowest BCUT2D eigenvalue weighted by Crippen LogP contribution is -2.38. The number of aromatic nitrogens is 4. The molecule has 5 aromatic carbocycles. The molecular formula is C46H43N7O8. The monoisotopic (exact) mass is 821 g/mol. The van der Waals surface area contributed by atoms with Gasteiger partial charge in [0.25, 0.3) is 5.88 Å². The molecule has 8 rings (SSSR count). The minimum atomic E-state index is -1.15. The molecule has 0 saturated carbocycles. The Kier molecular flexibility index (Phi) is 11.9. The SMILES string of the molecule is CNC(=O)Nc1nc(OC(=O)N(c2ccccc2)c2ccccc2)c2ncn([C@H]3C[C@H](O)[C@@H](COC(c4ccccc4)(c4ccc(OC)cc4)c4ccc(OC)cc4)O3)c2n1. The Balaban J connectivity index is 1.12. The maximum atomic E-state index is 14.0. The first-order chi connectivity index (χ1) is 29.8. The van der Waals surface area contributed by atoms with Gasteiger partial charge in [-0.3, -0.25) is 9.88 Å². The van der Waals surface area contributed by atoms with Crippen molar-refractivity contribution in [3.05, 3.63) is 163 Å². The zero-order valence-corrected chi connectivity index (χ0v) is 33.5. The van der Waals surface area contributed by atoms with Gasteiger partial charge >= 0.3 is 12.1 Å². The molecule has 3 atom stereocenters. The molecule has 3 amide bonds.